The fraction of sp³-hybridized carbons (Fsp3) is 0.545. The fourth-order valence-corrected chi connectivity index (χ4v) is 1.00. The number of hydrogen-bond acceptors (Lipinski definition) is 3. The molecule has 0 aliphatic rings. The Morgan fingerprint density at radius 3 is 2.71 bits per heavy atom. The molecule has 0 aromatic carbocycles. The van der Waals surface area contributed by atoms with Crippen LogP contribution in [-0.4, -0.2) is 22.3 Å². The summed E-state index contributed by atoms with van der Waals surface area (Å²) in [4.78, 5) is 4.19. The van der Waals surface area contributed by atoms with Crippen LogP contribution in [0.3, 0.4) is 0 Å². The van der Waals surface area contributed by atoms with Gasteiger partial charge in [-0.25, -0.2) is 4.98 Å². The van der Waals surface area contributed by atoms with Gasteiger partial charge in [-0.2, -0.15) is 0 Å². The first kappa shape index (κ1) is 11.0. The van der Waals surface area contributed by atoms with Crippen LogP contribution in [-0.2, 0) is 0 Å². The van der Waals surface area contributed by atoms with E-state index in [0.29, 0.717) is 18.9 Å². The Bertz CT molecular complexity index is 292. The monoisotopic (exact) mass is 195 g/mol. The van der Waals surface area contributed by atoms with Gasteiger partial charge in [0.1, 0.15) is 0 Å². The van der Waals surface area contributed by atoms with Gasteiger partial charge in [-0.3, -0.25) is 0 Å². The molecule has 1 aromatic rings. The molecule has 0 unspecified atom stereocenters. The summed E-state index contributed by atoms with van der Waals surface area (Å²) >= 11 is 0. The van der Waals surface area contributed by atoms with Gasteiger partial charge in [0.2, 0.25) is 5.88 Å². The van der Waals surface area contributed by atoms with Crippen molar-refractivity contribution in [3.63, 3.8) is 0 Å². The fourth-order valence-electron chi connectivity index (χ4n) is 1.00. The van der Waals surface area contributed by atoms with Crippen LogP contribution in [0.2, 0.25) is 0 Å². The number of rotatable bonds is 4. The molecule has 1 aromatic heterocycles. The predicted octanol–water partition coefficient (Wildman–Crippen LogP) is 1.93. The van der Waals surface area contributed by atoms with Crippen LogP contribution in [0.15, 0.2) is 18.2 Å². The highest BCUT2D eigenvalue weighted by molar-refractivity contribution is 5.14. The largest absolute Gasteiger partial charge is 0.478 e. The van der Waals surface area contributed by atoms with Crippen LogP contribution in [0.1, 0.15) is 26.0 Å². The molecular formula is C11H17NO2. The second kappa shape index (κ2) is 4.42. The van der Waals surface area contributed by atoms with Gasteiger partial charge in [0.15, 0.2) is 0 Å². The highest BCUT2D eigenvalue weighted by Crippen LogP contribution is 2.10. The summed E-state index contributed by atoms with van der Waals surface area (Å²) in [5, 5.41) is 9.45. The number of aliphatic hydroxyl groups is 1. The SMILES string of the molecule is Cc1cccc(OCCC(C)(C)O)n1. The summed E-state index contributed by atoms with van der Waals surface area (Å²) in [6.07, 6.45) is 0.600. The van der Waals surface area contributed by atoms with Gasteiger partial charge in [-0.1, -0.05) is 6.07 Å². The molecule has 0 radical (unpaired) electrons. The number of nitrogens with zero attached hydrogens (tertiary/aromatic N) is 1. The summed E-state index contributed by atoms with van der Waals surface area (Å²) in [5.41, 5.74) is 0.259. The second-order valence-corrected chi connectivity index (χ2v) is 4.03. The predicted molar refractivity (Wildman–Crippen MR) is 55.4 cm³/mol. The third-order valence-corrected chi connectivity index (χ3v) is 1.83. The van der Waals surface area contributed by atoms with Gasteiger partial charge in [0.05, 0.1) is 12.2 Å². The van der Waals surface area contributed by atoms with E-state index in [1.807, 2.05) is 25.1 Å². The van der Waals surface area contributed by atoms with E-state index in [1.165, 1.54) is 0 Å². The van der Waals surface area contributed by atoms with Gasteiger partial charge in [-0.05, 0) is 26.8 Å². The Hall–Kier alpha value is -1.09. The number of ether oxygens (including phenoxy) is 1. The van der Waals surface area contributed by atoms with E-state index in [2.05, 4.69) is 4.98 Å². The van der Waals surface area contributed by atoms with E-state index < -0.39 is 5.60 Å². The molecule has 0 amide bonds. The normalized spacial score (nSPS) is 11.4. The first-order valence-corrected chi connectivity index (χ1v) is 4.76. The Morgan fingerprint density at radius 1 is 1.43 bits per heavy atom. The molecule has 14 heavy (non-hydrogen) atoms. The highest BCUT2D eigenvalue weighted by atomic mass is 16.5. The average Bonchev–Trinajstić information content (AvgIpc) is 2.01. The quantitative estimate of drug-likeness (QED) is 0.798. The zero-order chi connectivity index (χ0) is 10.6. The minimum absolute atomic E-state index is 0.486. The van der Waals surface area contributed by atoms with Crippen LogP contribution in [0.5, 0.6) is 5.88 Å². The molecule has 0 spiro atoms. The van der Waals surface area contributed by atoms with Crippen LogP contribution < -0.4 is 4.74 Å². The molecule has 1 rings (SSSR count). The third-order valence-electron chi connectivity index (χ3n) is 1.83. The third kappa shape index (κ3) is 4.23. The summed E-state index contributed by atoms with van der Waals surface area (Å²) < 4.78 is 5.39. The Kier molecular flexibility index (Phi) is 3.47. The second-order valence-electron chi connectivity index (χ2n) is 4.03. The molecule has 0 fully saturated rings. The van der Waals surface area contributed by atoms with Gasteiger partial charge < -0.3 is 9.84 Å². The van der Waals surface area contributed by atoms with Crippen LogP contribution in [0, 0.1) is 6.92 Å². The molecule has 0 bridgehead atoms. The number of hydrogen-bond donors (Lipinski definition) is 1. The standard InChI is InChI=1S/C11H17NO2/c1-9-5-4-6-10(12-9)14-8-7-11(2,3)13/h4-6,13H,7-8H2,1-3H3. The van der Waals surface area contributed by atoms with Gasteiger partial charge in [0.25, 0.3) is 0 Å². The van der Waals surface area contributed by atoms with E-state index in [9.17, 15) is 5.11 Å². The summed E-state index contributed by atoms with van der Waals surface area (Å²) in [7, 11) is 0. The van der Waals surface area contributed by atoms with Crippen molar-refractivity contribution in [1.82, 2.24) is 4.98 Å². The lowest BCUT2D eigenvalue weighted by molar-refractivity contribution is 0.0547. The maximum absolute atomic E-state index is 9.45. The summed E-state index contributed by atoms with van der Waals surface area (Å²) in [6.45, 7) is 5.93. The smallest absolute Gasteiger partial charge is 0.213 e. The van der Waals surface area contributed by atoms with Crippen molar-refractivity contribution < 1.29 is 9.84 Å². The van der Waals surface area contributed by atoms with E-state index >= 15 is 0 Å². The lowest BCUT2D eigenvalue weighted by atomic mass is 10.1. The van der Waals surface area contributed by atoms with Crippen molar-refractivity contribution in [2.45, 2.75) is 32.8 Å². The number of pyridine rings is 1. The maximum Gasteiger partial charge on any atom is 0.213 e. The number of aryl methyl sites for hydroxylation is 1. The molecule has 0 aliphatic heterocycles. The van der Waals surface area contributed by atoms with Gasteiger partial charge in [-0.15, -0.1) is 0 Å². The molecule has 0 aliphatic carbocycles. The van der Waals surface area contributed by atoms with E-state index in [4.69, 9.17) is 4.74 Å². The van der Waals surface area contributed by atoms with E-state index in [0.717, 1.165) is 5.69 Å². The Labute approximate surface area is 84.7 Å². The molecule has 3 heteroatoms. The molecule has 1 heterocycles. The first-order valence-electron chi connectivity index (χ1n) is 4.76. The van der Waals surface area contributed by atoms with Gasteiger partial charge >= 0.3 is 0 Å². The van der Waals surface area contributed by atoms with Crippen LogP contribution in [0.25, 0.3) is 0 Å². The van der Waals surface area contributed by atoms with Crippen molar-refractivity contribution in [2.75, 3.05) is 6.61 Å². The molecule has 0 atom stereocenters. The van der Waals surface area contributed by atoms with Crippen molar-refractivity contribution >= 4 is 0 Å². The van der Waals surface area contributed by atoms with E-state index in [1.54, 1.807) is 13.8 Å². The molecular weight excluding hydrogens is 178 g/mol. The minimum atomic E-state index is -0.677. The van der Waals surface area contributed by atoms with E-state index in [-0.39, 0.29) is 0 Å². The molecule has 3 nitrogen and oxygen atoms in total. The molecule has 0 saturated carbocycles. The summed E-state index contributed by atoms with van der Waals surface area (Å²) in [6, 6.07) is 5.64. The van der Waals surface area contributed by atoms with Crippen molar-refractivity contribution in [3.05, 3.63) is 23.9 Å². The lowest BCUT2D eigenvalue weighted by Crippen LogP contribution is -2.21. The van der Waals surface area contributed by atoms with Crippen LogP contribution in [0.4, 0.5) is 0 Å². The molecule has 1 N–H and O–H groups in total. The highest BCUT2D eigenvalue weighted by Gasteiger charge is 2.12. The molecule has 78 valence electrons. The Morgan fingerprint density at radius 2 is 2.14 bits per heavy atom. The maximum atomic E-state index is 9.45. The minimum Gasteiger partial charge on any atom is -0.478 e. The molecule has 0 saturated heterocycles. The Balaban J connectivity index is 2.39. The average molecular weight is 195 g/mol. The first-order chi connectivity index (χ1) is 6.47. The van der Waals surface area contributed by atoms with Crippen molar-refractivity contribution in [1.29, 1.82) is 0 Å². The van der Waals surface area contributed by atoms with Crippen molar-refractivity contribution in [3.8, 4) is 5.88 Å². The van der Waals surface area contributed by atoms with Crippen LogP contribution >= 0.6 is 0 Å². The topological polar surface area (TPSA) is 42.4 Å². The number of aromatic nitrogens is 1. The van der Waals surface area contributed by atoms with Crippen molar-refractivity contribution in [2.24, 2.45) is 0 Å². The van der Waals surface area contributed by atoms with Gasteiger partial charge in [0, 0.05) is 18.2 Å². The summed E-state index contributed by atoms with van der Waals surface area (Å²) in [5.74, 6) is 0.620. The zero-order valence-corrected chi connectivity index (χ0v) is 8.95. The zero-order valence-electron chi connectivity index (χ0n) is 8.95. The lowest BCUT2D eigenvalue weighted by Gasteiger charge is -2.16.